The lowest BCUT2D eigenvalue weighted by atomic mass is 10.1. The number of hydrogen-bond acceptors (Lipinski definition) is 3. The highest BCUT2D eigenvalue weighted by Crippen LogP contribution is 2.29. The Morgan fingerprint density at radius 3 is 2.79 bits per heavy atom. The van der Waals surface area contributed by atoms with Crippen molar-refractivity contribution in [2.45, 2.75) is 31.4 Å². The zero-order chi connectivity index (χ0) is 14.0. The van der Waals surface area contributed by atoms with Gasteiger partial charge in [0.25, 0.3) is 5.91 Å². The SMILES string of the molecule is COC1CCC(NC(=O)c2cc(N)cc(Cl)c2Cl)C1. The number of hydrogen-bond donors (Lipinski definition) is 2. The molecule has 104 valence electrons. The maximum Gasteiger partial charge on any atom is 0.253 e. The summed E-state index contributed by atoms with van der Waals surface area (Å²) in [5.41, 5.74) is 6.40. The Bertz CT molecular complexity index is 494. The first-order valence-electron chi connectivity index (χ1n) is 6.09. The molecule has 1 aromatic carbocycles. The summed E-state index contributed by atoms with van der Waals surface area (Å²) in [6.07, 6.45) is 2.88. The number of nitrogens with two attached hydrogens (primary N) is 1. The van der Waals surface area contributed by atoms with E-state index < -0.39 is 0 Å². The molecule has 1 fully saturated rings. The number of ether oxygens (including phenoxy) is 1. The molecule has 2 unspecified atom stereocenters. The van der Waals surface area contributed by atoms with E-state index >= 15 is 0 Å². The lowest BCUT2D eigenvalue weighted by Gasteiger charge is -2.14. The van der Waals surface area contributed by atoms with Crippen molar-refractivity contribution in [3.63, 3.8) is 0 Å². The van der Waals surface area contributed by atoms with Gasteiger partial charge in [-0.05, 0) is 31.4 Å². The van der Waals surface area contributed by atoms with Crippen LogP contribution in [0, 0.1) is 0 Å². The van der Waals surface area contributed by atoms with Crippen molar-refractivity contribution in [1.82, 2.24) is 5.32 Å². The first-order chi connectivity index (χ1) is 9.01. The fourth-order valence-electron chi connectivity index (χ4n) is 2.32. The van der Waals surface area contributed by atoms with Gasteiger partial charge in [-0.25, -0.2) is 0 Å². The van der Waals surface area contributed by atoms with Crippen molar-refractivity contribution < 1.29 is 9.53 Å². The quantitative estimate of drug-likeness (QED) is 0.844. The second-order valence-corrected chi connectivity index (χ2v) is 5.49. The third-order valence-corrected chi connectivity index (χ3v) is 4.15. The Balaban J connectivity index is 2.08. The highest BCUT2D eigenvalue weighted by atomic mass is 35.5. The molecule has 0 saturated heterocycles. The van der Waals surface area contributed by atoms with Gasteiger partial charge < -0.3 is 15.8 Å². The van der Waals surface area contributed by atoms with Crippen molar-refractivity contribution in [3.05, 3.63) is 27.7 Å². The van der Waals surface area contributed by atoms with E-state index in [-0.39, 0.29) is 28.1 Å². The zero-order valence-electron chi connectivity index (χ0n) is 10.6. The number of nitrogens with one attached hydrogen (secondary N) is 1. The van der Waals surface area contributed by atoms with Gasteiger partial charge in [0.05, 0.1) is 21.7 Å². The third-order valence-electron chi connectivity index (χ3n) is 3.35. The fraction of sp³-hybridized carbons (Fsp3) is 0.462. The number of carbonyl (C=O) groups excluding carboxylic acids is 1. The molecule has 0 aromatic heterocycles. The van der Waals surface area contributed by atoms with E-state index in [0.29, 0.717) is 11.3 Å². The lowest BCUT2D eigenvalue weighted by Crippen LogP contribution is -2.33. The minimum Gasteiger partial charge on any atom is -0.399 e. The van der Waals surface area contributed by atoms with E-state index in [2.05, 4.69) is 5.32 Å². The van der Waals surface area contributed by atoms with E-state index in [9.17, 15) is 4.79 Å². The first kappa shape index (κ1) is 14.4. The fourth-order valence-corrected chi connectivity index (χ4v) is 2.75. The molecule has 0 bridgehead atoms. The van der Waals surface area contributed by atoms with Crippen LogP contribution in [-0.2, 0) is 4.74 Å². The van der Waals surface area contributed by atoms with Crippen LogP contribution in [0.3, 0.4) is 0 Å². The van der Waals surface area contributed by atoms with Crippen molar-refractivity contribution in [1.29, 1.82) is 0 Å². The topological polar surface area (TPSA) is 64.3 Å². The summed E-state index contributed by atoms with van der Waals surface area (Å²) in [4.78, 5) is 12.2. The average molecular weight is 303 g/mol. The molecular formula is C13H16Cl2N2O2. The smallest absolute Gasteiger partial charge is 0.253 e. The predicted octanol–water partition coefficient (Wildman–Crippen LogP) is 2.87. The van der Waals surface area contributed by atoms with Gasteiger partial charge in [-0.1, -0.05) is 23.2 Å². The van der Waals surface area contributed by atoms with Gasteiger partial charge in [0, 0.05) is 18.8 Å². The zero-order valence-corrected chi connectivity index (χ0v) is 12.1. The molecule has 1 aliphatic carbocycles. The van der Waals surface area contributed by atoms with Crippen molar-refractivity contribution >= 4 is 34.8 Å². The average Bonchev–Trinajstić information content (AvgIpc) is 2.81. The molecule has 19 heavy (non-hydrogen) atoms. The van der Waals surface area contributed by atoms with Gasteiger partial charge in [-0.2, -0.15) is 0 Å². The summed E-state index contributed by atoms with van der Waals surface area (Å²) in [5.74, 6) is -0.249. The number of rotatable bonds is 3. The highest BCUT2D eigenvalue weighted by Gasteiger charge is 2.26. The maximum atomic E-state index is 12.2. The number of benzene rings is 1. The summed E-state index contributed by atoms with van der Waals surface area (Å²) in [7, 11) is 1.68. The van der Waals surface area contributed by atoms with Crippen LogP contribution >= 0.6 is 23.2 Å². The Hall–Kier alpha value is -0.970. The van der Waals surface area contributed by atoms with Crippen LogP contribution in [0.4, 0.5) is 5.69 Å². The minimum atomic E-state index is -0.249. The molecule has 1 saturated carbocycles. The monoisotopic (exact) mass is 302 g/mol. The Morgan fingerprint density at radius 1 is 1.42 bits per heavy atom. The number of halogens is 2. The predicted molar refractivity (Wildman–Crippen MR) is 76.8 cm³/mol. The molecule has 3 N–H and O–H groups in total. The Kier molecular flexibility index (Phi) is 4.55. The van der Waals surface area contributed by atoms with E-state index in [4.69, 9.17) is 33.7 Å². The molecule has 0 heterocycles. The van der Waals surface area contributed by atoms with Gasteiger partial charge in [0.15, 0.2) is 0 Å². The van der Waals surface area contributed by atoms with Crippen molar-refractivity contribution in [3.8, 4) is 0 Å². The van der Waals surface area contributed by atoms with Gasteiger partial charge in [0.2, 0.25) is 0 Å². The van der Waals surface area contributed by atoms with Gasteiger partial charge in [-0.3, -0.25) is 4.79 Å². The summed E-state index contributed by atoms with van der Waals surface area (Å²) >= 11 is 11.9. The van der Waals surface area contributed by atoms with Crippen LogP contribution in [0.15, 0.2) is 12.1 Å². The molecule has 1 aromatic rings. The molecule has 2 rings (SSSR count). The van der Waals surface area contributed by atoms with Crippen LogP contribution in [0.5, 0.6) is 0 Å². The van der Waals surface area contributed by atoms with E-state index in [1.807, 2.05) is 0 Å². The number of anilines is 1. The first-order valence-corrected chi connectivity index (χ1v) is 6.85. The highest BCUT2D eigenvalue weighted by molar-refractivity contribution is 6.44. The molecule has 6 heteroatoms. The molecule has 0 radical (unpaired) electrons. The van der Waals surface area contributed by atoms with Gasteiger partial charge in [0.1, 0.15) is 0 Å². The second kappa shape index (κ2) is 5.99. The van der Waals surface area contributed by atoms with E-state index in [0.717, 1.165) is 19.3 Å². The summed E-state index contributed by atoms with van der Waals surface area (Å²) < 4.78 is 5.27. The van der Waals surface area contributed by atoms with Crippen LogP contribution in [-0.4, -0.2) is 25.2 Å². The normalized spacial score (nSPS) is 22.5. The van der Waals surface area contributed by atoms with Crippen LogP contribution in [0.1, 0.15) is 29.6 Å². The molecule has 0 aliphatic heterocycles. The maximum absolute atomic E-state index is 12.2. The van der Waals surface area contributed by atoms with Gasteiger partial charge >= 0.3 is 0 Å². The third kappa shape index (κ3) is 3.32. The number of amides is 1. The Labute approximate surface area is 122 Å². The number of nitrogen functional groups attached to an aromatic ring is 1. The van der Waals surface area contributed by atoms with Crippen LogP contribution in [0.2, 0.25) is 10.0 Å². The lowest BCUT2D eigenvalue weighted by molar-refractivity contribution is 0.0915. The van der Waals surface area contributed by atoms with E-state index in [1.54, 1.807) is 7.11 Å². The molecule has 1 aliphatic rings. The van der Waals surface area contributed by atoms with Crippen LogP contribution in [0.25, 0.3) is 0 Å². The summed E-state index contributed by atoms with van der Waals surface area (Å²) in [6.45, 7) is 0. The van der Waals surface area contributed by atoms with Crippen molar-refractivity contribution in [2.24, 2.45) is 0 Å². The summed E-state index contributed by atoms with van der Waals surface area (Å²) in [5, 5.41) is 3.45. The number of carbonyl (C=O) groups is 1. The number of methoxy groups -OCH3 is 1. The summed E-state index contributed by atoms with van der Waals surface area (Å²) in [6, 6.07) is 3.16. The van der Waals surface area contributed by atoms with E-state index in [1.165, 1.54) is 12.1 Å². The molecule has 4 nitrogen and oxygen atoms in total. The van der Waals surface area contributed by atoms with Gasteiger partial charge in [-0.15, -0.1) is 0 Å². The molecule has 0 spiro atoms. The second-order valence-electron chi connectivity index (χ2n) is 4.71. The minimum absolute atomic E-state index is 0.105. The largest absolute Gasteiger partial charge is 0.399 e. The van der Waals surface area contributed by atoms with Crippen LogP contribution < -0.4 is 11.1 Å². The molecule has 2 atom stereocenters. The standard InChI is InChI=1S/C13H16Cl2N2O2/c1-19-9-3-2-8(6-9)17-13(18)10-4-7(16)5-11(14)12(10)15/h4-5,8-9H,2-3,6,16H2,1H3,(H,17,18). The van der Waals surface area contributed by atoms with Crippen molar-refractivity contribution in [2.75, 3.05) is 12.8 Å². The molecule has 1 amide bonds. The molecular weight excluding hydrogens is 287 g/mol. The Morgan fingerprint density at radius 2 is 2.16 bits per heavy atom.